The van der Waals surface area contributed by atoms with Crippen LogP contribution in [0, 0.1) is 6.92 Å². The number of pyridine rings is 2. The molecule has 1 aliphatic heterocycles. The molecule has 1 aromatic carbocycles. The molecule has 3 aromatic rings. The van der Waals surface area contributed by atoms with Crippen molar-refractivity contribution >= 4 is 22.7 Å². The maximum Gasteiger partial charge on any atom is 0.254 e. The first-order valence-corrected chi connectivity index (χ1v) is 11.6. The summed E-state index contributed by atoms with van der Waals surface area (Å²) in [7, 11) is 0. The lowest BCUT2D eigenvalue weighted by atomic mass is 9.95. The van der Waals surface area contributed by atoms with E-state index >= 15 is 0 Å². The molecule has 152 valence electrons. The van der Waals surface area contributed by atoms with Crippen LogP contribution in [0.4, 0.5) is 0 Å². The molecule has 29 heavy (non-hydrogen) atoms. The maximum absolute atomic E-state index is 13.0. The third-order valence-electron chi connectivity index (χ3n) is 6.03. The van der Waals surface area contributed by atoms with E-state index in [4.69, 9.17) is 4.98 Å². The Morgan fingerprint density at radius 3 is 2.76 bits per heavy atom. The molecule has 0 amide bonds. The van der Waals surface area contributed by atoms with Gasteiger partial charge in [-0.05, 0) is 68.3 Å². The van der Waals surface area contributed by atoms with Crippen LogP contribution in [0.25, 0.3) is 22.3 Å². The summed E-state index contributed by atoms with van der Waals surface area (Å²) < 4.78 is 1.83. The fourth-order valence-corrected chi connectivity index (χ4v) is 4.85. The fraction of sp³-hybridized carbons (Fsp3) is 0.417. The quantitative estimate of drug-likeness (QED) is 0.350. The first-order chi connectivity index (χ1) is 14.0. The van der Waals surface area contributed by atoms with Crippen LogP contribution in [-0.4, -0.2) is 20.9 Å². The molecule has 0 aliphatic carbocycles. The second kappa shape index (κ2) is 7.96. The summed E-state index contributed by atoms with van der Waals surface area (Å²) in [6.45, 7) is 6.30. The lowest BCUT2D eigenvalue weighted by molar-refractivity contribution is 0.198. The first kappa shape index (κ1) is 20.2. The molecule has 5 heteroatoms. The molecule has 1 aliphatic rings. The van der Waals surface area contributed by atoms with Gasteiger partial charge in [0.1, 0.15) is 0 Å². The molecule has 1 atom stereocenters. The minimum atomic E-state index is -0.675. The number of aliphatic hydroxyl groups excluding tert-OH is 1. The Morgan fingerprint density at radius 2 is 2.07 bits per heavy atom. The van der Waals surface area contributed by atoms with Crippen LogP contribution in [0.5, 0.6) is 0 Å². The molecule has 0 saturated heterocycles. The SMILES string of the molecule is CCCCCc1c2c(nc3ccc(SC)cc13)-c1cc(C(C)O)c(C)c(=O)n1C2. The predicted molar refractivity (Wildman–Crippen MR) is 121 cm³/mol. The Kier molecular flexibility index (Phi) is 5.54. The highest BCUT2D eigenvalue weighted by molar-refractivity contribution is 7.98. The van der Waals surface area contributed by atoms with Gasteiger partial charge in [-0.25, -0.2) is 4.98 Å². The van der Waals surface area contributed by atoms with Crippen molar-refractivity contribution in [2.75, 3.05) is 6.26 Å². The van der Waals surface area contributed by atoms with Crippen LogP contribution < -0.4 is 5.56 Å². The molecule has 2 aromatic heterocycles. The number of fused-ring (bicyclic) bond motifs is 4. The molecule has 0 spiro atoms. The number of aryl methyl sites for hydroxylation is 1. The monoisotopic (exact) mass is 408 g/mol. The van der Waals surface area contributed by atoms with Crippen molar-refractivity contribution in [2.24, 2.45) is 0 Å². The lowest BCUT2D eigenvalue weighted by Crippen LogP contribution is -2.23. The van der Waals surface area contributed by atoms with Crippen molar-refractivity contribution in [2.45, 2.75) is 64.0 Å². The zero-order valence-corrected chi connectivity index (χ0v) is 18.4. The van der Waals surface area contributed by atoms with E-state index in [-0.39, 0.29) is 5.56 Å². The smallest absolute Gasteiger partial charge is 0.254 e. The molecule has 1 unspecified atom stereocenters. The van der Waals surface area contributed by atoms with Gasteiger partial charge in [-0.2, -0.15) is 0 Å². The van der Waals surface area contributed by atoms with Crippen molar-refractivity contribution in [1.82, 2.24) is 9.55 Å². The number of rotatable bonds is 6. The highest BCUT2D eigenvalue weighted by Crippen LogP contribution is 2.38. The summed E-state index contributed by atoms with van der Waals surface area (Å²) in [5.74, 6) is 0. The van der Waals surface area contributed by atoms with Crippen molar-refractivity contribution in [3.05, 3.63) is 56.9 Å². The molecule has 0 bridgehead atoms. The fourth-order valence-electron chi connectivity index (χ4n) is 4.41. The van der Waals surface area contributed by atoms with E-state index in [0.717, 1.165) is 29.7 Å². The first-order valence-electron chi connectivity index (χ1n) is 10.4. The number of nitrogens with zero attached hydrogens (tertiary/aromatic N) is 2. The van der Waals surface area contributed by atoms with E-state index in [1.807, 2.05) is 10.6 Å². The van der Waals surface area contributed by atoms with Crippen molar-refractivity contribution in [1.29, 1.82) is 0 Å². The minimum Gasteiger partial charge on any atom is -0.389 e. The number of benzene rings is 1. The van der Waals surface area contributed by atoms with Gasteiger partial charge in [0, 0.05) is 21.4 Å². The Hall–Kier alpha value is -2.11. The zero-order valence-electron chi connectivity index (χ0n) is 17.6. The number of aromatic nitrogens is 2. The van der Waals surface area contributed by atoms with Gasteiger partial charge < -0.3 is 9.67 Å². The van der Waals surface area contributed by atoms with Gasteiger partial charge in [0.2, 0.25) is 0 Å². The Balaban J connectivity index is 1.97. The van der Waals surface area contributed by atoms with Gasteiger partial charge in [0.15, 0.2) is 0 Å². The van der Waals surface area contributed by atoms with E-state index in [1.165, 1.54) is 34.3 Å². The van der Waals surface area contributed by atoms with Gasteiger partial charge in [0.05, 0.1) is 29.6 Å². The normalized spacial score (nSPS) is 13.6. The number of aliphatic hydroxyl groups is 1. The molecule has 1 N–H and O–H groups in total. The molecule has 3 heterocycles. The molecular weight excluding hydrogens is 380 g/mol. The van der Waals surface area contributed by atoms with Crippen LogP contribution in [0.15, 0.2) is 34.0 Å². The van der Waals surface area contributed by atoms with Crippen molar-refractivity contribution in [3.8, 4) is 11.4 Å². The summed E-state index contributed by atoms with van der Waals surface area (Å²) in [5, 5.41) is 11.4. The molecular formula is C24H28N2O2S. The summed E-state index contributed by atoms with van der Waals surface area (Å²) in [4.78, 5) is 19.3. The average molecular weight is 409 g/mol. The van der Waals surface area contributed by atoms with Gasteiger partial charge in [-0.3, -0.25) is 4.79 Å². The van der Waals surface area contributed by atoms with E-state index in [1.54, 1.807) is 25.6 Å². The highest BCUT2D eigenvalue weighted by Gasteiger charge is 2.27. The van der Waals surface area contributed by atoms with Crippen molar-refractivity contribution in [3.63, 3.8) is 0 Å². The van der Waals surface area contributed by atoms with Crippen LogP contribution >= 0.6 is 11.8 Å². The molecule has 4 nitrogen and oxygen atoms in total. The predicted octanol–water partition coefficient (Wildman–Crippen LogP) is 5.24. The third kappa shape index (κ3) is 3.40. The lowest BCUT2D eigenvalue weighted by Gasteiger charge is -2.13. The molecule has 0 radical (unpaired) electrons. The summed E-state index contributed by atoms with van der Waals surface area (Å²) in [5.41, 5.74) is 6.51. The zero-order chi connectivity index (χ0) is 20.7. The van der Waals surface area contributed by atoms with Crippen LogP contribution in [0.2, 0.25) is 0 Å². The molecule has 0 saturated carbocycles. The maximum atomic E-state index is 13.0. The minimum absolute atomic E-state index is 0.0234. The van der Waals surface area contributed by atoms with Gasteiger partial charge >= 0.3 is 0 Å². The Bertz CT molecular complexity index is 1150. The van der Waals surface area contributed by atoms with Crippen molar-refractivity contribution < 1.29 is 5.11 Å². The largest absolute Gasteiger partial charge is 0.389 e. The van der Waals surface area contributed by atoms with E-state index in [2.05, 4.69) is 31.4 Å². The summed E-state index contributed by atoms with van der Waals surface area (Å²) >= 11 is 1.74. The number of hydrogen-bond acceptors (Lipinski definition) is 4. The van der Waals surface area contributed by atoms with E-state index in [0.29, 0.717) is 17.7 Å². The molecule has 0 fully saturated rings. The standard InChI is InChI=1S/C24H28N2O2S/c1-5-6-7-8-17-19-11-16(29-4)9-10-21(19)25-23-20(17)13-26-22(23)12-18(15(3)27)14(2)24(26)28/h9-12,15,27H,5-8,13H2,1-4H3. The van der Waals surface area contributed by atoms with Crippen LogP contribution in [0.3, 0.4) is 0 Å². The second-order valence-corrected chi connectivity index (χ2v) is 8.81. The Labute approximate surface area is 176 Å². The Morgan fingerprint density at radius 1 is 1.28 bits per heavy atom. The van der Waals surface area contributed by atoms with E-state index < -0.39 is 6.10 Å². The third-order valence-corrected chi connectivity index (χ3v) is 6.76. The number of unbranched alkanes of at least 4 members (excludes halogenated alkanes) is 2. The number of hydrogen-bond donors (Lipinski definition) is 1. The second-order valence-electron chi connectivity index (χ2n) is 7.93. The topological polar surface area (TPSA) is 55.1 Å². The van der Waals surface area contributed by atoms with Gasteiger partial charge in [-0.15, -0.1) is 11.8 Å². The van der Waals surface area contributed by atoms with Gasteiger partial charge in [0.25, 0.3) is 5.56 Å². The van der Waals surface area contributed by atoms with Gasteiger partial charge in [-0.1, -0.05) is 19.8 Å². The molecule has 4 rings (SSSR count). The van der Waals surface area contributed by atoms with Crippen LogP contribution in [0.1, 0.15) is 61.5 Å². The summed E-state index contributed by atoms with van der Waals surface area (Å²) in [6.07, 6.45) is 5.92. The van der Waals surface area contributed by atoms with E-state index in [9.17, 15) is 9.90 Å². The average Bonchev–Trinajstić information content (AvgIpc) is 3.08. The highest BCUT2D eigenvalue weighted by atomic mass is 32.2. The number of thioether (sulfide) groups is 1. The summed E-state index contributed by atoms with van der Waals surface area (Å²) in [6, 6.07) is 8.40. The van der Waals surface area contributed by atoms with Crippen LogP contribution in [-0.2, 0) is 13.0 Å².